The second kappa shape index (κ2) is 6.84. The first-order valence-corrected chi connectivity index (χ1v) is 8.41. The molecule has 1 amide bonds. The van der Waals surface area contributed by atoms with Crippen LogP contribution in [0.2, 0.25) is 0 Å². The van der Waals surface area contributed by atoms with Crippen LogP contribution in [0.1, 0.15) is 17.1 Å². The monoisotopic (exact) mass is 346 g/mol. The van der Waals surface area contributed by atoms with Crippen LogP contribution < -0.4 is 5.32 Å². The molecular formula is C20H18N4O2. The first-order chi connectivity index (χ1) is 12.7. The Bertz CT molecular complexity index is 1050. The Balaban J connectivity index is 1.41. The number of H-pyrrole nitrogens is 1. The number of benzene rings is 2. The third-order valence-corrected chi connectivity index (χ3v) is 4.29. The average Bonchev–Trinajstić information content (AvgIpc) is 3.26. The highest BCUT2D eigenvalue weighted by molar-refractivity contribution is 5.90. The molecule has 0 aliphatic carbocycles. The lowest BCUT2D eigenvalue weighted by Gasteiger charge is -2.03. The van der Waals surface area contributed by atoms with E-state index in [1.165, 1.54) is 0 Å². The zero-order valence-corrected chi connectivity index (χ0v) is 14.3. The van der Waals surface area contributed by atoms with Gasteiger partial charge in [-0.05, 0) is 30.7 Å². The molecular weight excluding hydrogens is 328 g/mol. The molecule has 0 aliphatic rings. The lowest BCUT2D eigenvalue weighted by atomic mass is 10.1. The second-order valence-corrected chi connectivity index (χ2v) is 6.09. The fraction of sp³-hybridized carbons (Fsp3) is 0.150. The molecule has 2 aromatic carbocycles. The Morgan fingerprint density at radius 3 is 2.69 bits per heavy atom. The number of hydrogen-bond acceptors (Lipinski definition) is 4. The van der Waals surface area contributed by atoms with E-state index in [2.05, 4.69) is 20.5 Å². The minimum Gasteiger partial charge on any atom is -0.419 e. The predicted molar refractivity (Wildman–Crippen MR) is 98.3 cm³/mol. The van der Waals surface area contributed by atoms with Gasteiger partial charge in [-0.15, -0.1) is 10.2 Å². The van der Waals surface area contributed by atoms with Crippen molar-refractivity contribution in [3.63, 3.8) is 0 Å². The van der Waals surface area contributed by atoms with Crippen LogP contribution >= 0.6 is 0 Å². The zero-order valence-electron chi connectivity index (χ0n) is 14.3. The summed E-state index contributed by atoms with van der Waals surface area (Å²) in [6.07, 6.45) is 0.301. The first kappa shape index (κ1) is 16.1. The fourth-order valence-electron chi connectivity index (χ4n) is 2.98. The van der Waals surface area contributed by atoms with Gasteiger partial charge in [-0.3, -0.25) is 4.79 Å². The van der Waals surface area contributed by atoms with E-state index in [9.17, 15) is 4.79 Å². The smallest absolute Gasteiger partial charge is 0.247 e. The van der Waals surface area contributed by atoms with Crippen molar-refractivity contribution in [2.24, 2.45) is 0 Å². The van der Waals surface area contributed by atoms with Crippen LogP contribution in [0, 0.1) is 6.92 Å². The number of nitrogens with one attached hydrogen (secondary N) is 2. The minimum absolute atomic E-state index is 0.0858. The summed E-state index contributed by atoms with van der Waals surface area (Å²) in [5.41, 5.74) is 3.91. The topological polar surface area (TPSA) is 83.8 Å². The van der Waals surface area contributed by atoms with Crippen LogP contribution in [0.3, 0.4) is 0 Å². The largest absolute Gasteiger partial charge is 0.419 e. The van der Waals surface area contributed by atoms with Gasteiger partial charge < -0.3 is 14.7 Å². The molecule has 6 heteroatoms. The van der Waals surface area contributed by atoms with E-state index in [-0.39, 0.29) is 12.5 Å². The van der Waals surface area contributed by atoms with Crippen LogP contribution in [0.5, 0.6) is 0 Å². The van der Waals surface area contributed by atoms with E-state index in [0.717, 1.165) is 27.7 Å². The van der Waals surface area contributed by atoms with Crippen LogP contribution in [0.25, 0.3) is 22.4 Å². The van der Waals surface area contributed by atoms with Crippen molar-refractivity contribution in [1.82, 2.24) is 20.5 Å². The summed E-state index contributed by atoms with van der Waals surface area (Å²) >= 11 is 0. The second-order valence-electron chi connectivity index (χ2n) is 6.09. The predicted octanol–water partition coefficient (Wildman–Crippen LogP) is 3.39. The van der Waals surface area contributed by atoms with Gasteiger partial charge in [-0.1, -0.05) is 36.4 Å². The lowest BCUT2D eigenvalue weighted by molar-refractivity contribution is -0.120. The Morgan fingerprint density at radius 1 is 1.08 bits per heavy atom. The van der Waals surface area contributed by atoms with E-state index < -0.39 is 0 Å². The first-order valence-electron chi connectivity index (χ1n) is 8.41. The van der Waals surface area contributed by atoms with Gasteiger partial charge >= 0.3 is 0 Å². The number of rotatable bonds is 5. The number of nitrogens with zero attached hydrogens (tertiary/aromatic N) is 2. The van der Waals surface area contributed by atoms with Crippen LogP contribution in [0.4, 0.5) is 0 Å². The van der Waals surface area contributed by atoms with Crippen LogP contribution in [-0.2, 0) is 17.8 Å². The SMILES string of the molecule is Cc1[nH]c2ccccc2c1CC(=O)NCc1nnc(-c2ccccc2)o1. The van der Waals surface area contributed by atoms with Crippen molar-refractivity contribution in [3.8, 4) is 11.5 Å². The molecule has 0 aliphatic heterocycles. The van der Waals surface area contributed by atoms with Crippen molar-refractivity contribution in [2.75, 3.05) is 0 Å². The molecule has 0 unspecified atom stereocenters. The average molecular weight is 346 g/mol. The molecule has 0 atom stereocenters. The van der Waals surface area contributed by atoms with E-state index in [1.54, 1.807) is 0 Å². The summed E-state index contributed by atoms with van der Waals surface area (Å²) < 4.78 is 5.61. The summed E-state index contributed by atoms with van der Waals surface area (Å²) in [7, 11) is 0. The molecule has 130 valence electrons. The molecule has 2 heterocycles. The summed E-state index contributed by atoms with van der Waals surface area (Å²) in [5, 5.41) is 11.9. The van der Waals surface area contributed by atoms with E-state index in [0.29, 0.717) is 18.2 Å². The fourth-order valence-corrected chi connectivity index (χ4v) is 2.98. The highest BCUT2D eigenvalue weighted by Crippen LogP contribution is 2.22. The molecule has 0 saturated heterocycles. The standard InChI is InChI=1S/C20H18N4O2/c1-13-16(15-9-5-6-10-17(15)22-13)11-18(25)21-12-19-23-24-20(26-19)14-7-3-2-4-8-14/h2-10,22H,11-12H2,1H3,(H,21,25). The van der Waals surface area contributed by atoms with Crippen molar-refractivity contribution in [1.29, 1.82) is 0 Å². The van der Waals surface area contributed by atoms with Crippen molar-refractivity contribution < 1.29 is 9.21 Å². The van der Waals surface area contributed by atoms with Crippen LogP contribution in [-0.4, -0.2) is 21.1 Å². The highest BCUT2D eigenvalue weighted by Gasteiger charge is 2.13. The Kier molecular flexibility index (Phi) is 4.23. The maximum Gasteiger partial charge on any atom is 0.247 e. The molecule has 26 heavy (non-hydrogen) atoms. The molecule has 0 saturated carbocycles. The highest BCUT2D eigenvalue weighted by atomic mass is 16.4. The number of para-hydroxylation sites is 1. The van der Waals surface area contributed by atoms with Gasteiger partial charge in [0, 0.05) is 22.2 Å². The molecule has 0 fully saturated rings. The number of amides is 1. The van der Waals surface area contributed by atoms with Gasteiger partial charge in [0.15, 0.2) is 0 Å². The quantitative estimate of drug-likeness (QED) is 0.580. The van der Waals surface area contributed by atoms with Gasteiger partial charge in [-0.2, -0.15) is 0 Å². The zero-order chi connectivity index (χ0) is 17.9. The van der Waals surface area contributed by atoms with Crippen molar-refractivity contribution in [2.45, 2.75) is 19.9 Å². The number of aromatic amines is 1. The van der Waals surface area contributed by atoms with Gasteiger partial charge in [0.25, 0.3) is 0 Å². The van der Waals surface area contributed by atoms with Crippen LogP contribution in [0.15, 0.2) is 59.0 Å². The molecule has 2 N–H and O–H groups in total. The molecule has 0 bridgehead atoms. The number of aryl methyl sites for hydroxylation is 1. The van der Waals surface area contributed by atoms with Gasteiger partial charge in [0.1, 0.15) is 0 Å². The van der Waals surface area contributed by atoms with Gasteiger partial charge in [-0.25, -0.2) is 0 Å². The third-order valence-electron chi connectivity index (χ3n) is 4.29. The number of hydrogen-bond donors (Lipinski definition) is 2. The summed E-state index contributed by atoms with van der Waals surface area (Å²) in [6, 6.07) is 17.5. The number of carbonyl (C=O) groups excluding carboxylic acids is 1. The van der Waals surface area contributed by atoms with E-state index >= 15 is 0 Å². The summed E-state index contributed by atoms with van der Waals surface area (Å²) in [4.78, 5) is 15.6. The maximum absolute atomic E-state index is 12.3. The Morgan fingerprint density at radius 2 is 1.85 bits per heavy atom. The number of aromatic nitrogens is 3. The summed E-state index contributed by atoms with van der Waals surface area (Å²) in [6.45, 7) is 2.19. The molecule has 6 nitrogen and oxygen atoms in total. The molecule has 0 radical (unpaired) electrons. The normalized spacial score (nSPS) is 11.0. The molecule has 4 rings (SSSR count). The van der Waals surface area contributed by atoms with Crippen molar-refractivity contribution >= 4 is 16.8 Å². The van der Waals surface area contributed by atoms with E-state index in [1.807, 2.05) is 61.5 Å². The van der Waals surface area contributed by atoms with Crippen molar-refractivity contribution in [3.05, 3.63) is 71.7 Å². The third kappa shape index (κ3) is 3.21. The minimum atomic E-state index is -0.0858. The number of fused-ring (bicyclic) bond motifs is 1. The summed E-state index contributed by atoms with van der Waals surface area (Å²) in [5.74, 6) is 0.743. The number of carbonyl (C=O) groups is 1. The Hall–Kier alpha value is -3.41. The van der Waals surface area contributed by atoms with Gasteiger partial charge in [0.05, 0.1) is 13.0 Å². The Labute approximate surface area is 150 Å². The molecule has 2 aromatic heterocycles. The maximum atomic E-state index is 12.3. The lowest BCUT2D eigenvalue weighted by Crippen LogP contribution is -2.24. The molecule has 0 spiro atoms. The van der Waals surface area contributed by atoms with Gasteiger partial charge in [0.2, 0.25) is 17.7 Å². The van der Waals surface area contributed by atoms with E-state index in [4.69, 9.17) is 4.42 Å². The molecule has 4 aromatic rings.